The van der Waals surface area contributed by atoms with Gasteiger partial charge in [0, 0.05) is 12.6 Å². The van der Waals surface area contributed by atoms with E-state index in [9.17, 15) is 0 Å². The molecule has 0 aliphatic rings. The molecular weight excluding hydrogens is 202 g/mol. The number of ether oxygens (including phenoxy) is 1. The summed E-state index contributed by atoms with van der Waals surface area (Å²) in [5.41, 5.74) is 0.633. The number of aliphatic hydroxyl groups excluding tert-OH is 1. The number of aromatic nitrogens is 1. The smallest absolute Gasteiger partial charge is 0.229 e. The minimum atomic E-state index is 0.0450. The molecule has 0 bridgehead atoms. The largest absolute Gasteiger partial charge is 0.480 e. The van der Waals surface area contributed by atoms with Crippen LogP contribution < -0.4 is 4.74 Å². The number of halogens is 1. The molecule has 0 aromatic carbocycles. The maximum atomic E-state index is 8.55. The van der Waals surface area contributed by atoms with Crippen molar-refractivity contribution in [2.75, 3.05) is 13.7 Å². The molecular formula is C10H10ClNO2. The lowest BCUT2D eigenvalue weighted by Gasteiger charge is -2.00. The summed E-state index contributed by atoms with van der Waals surface area (Å²) in [6, 6.07) is 1.68. The molecule has 1 aromatic rings. The molecule has 0 aliphatic heterocycles. The molecule has 0 unspecified atom stereocenters. The van der Waals surface area contributed by atoms with Crippen molar-refractivity contribution in [1.29, 1.82) is 0 Å². The normalized spacial score (nSPS) is 9.07. The van der Waals surface area contributed by atoms with Crippen LogP contribution in [0.3, 0.4) is 0 Å². The van der Waals surface area contributed by atoms with E-state index in [0.29, 0.717) is 22.9 Å². The van der Waals surface area contributed by atoms with Gasteiger partial charge >= 0.3 is 0 Å². The van der Waals surface area contributed by atoms with Crippen LogP contribution in [0.2, 0.25) is 5.02 Å². The van der Waals surface area contributed by atoms with Gasteiger partial charge in [0.2, 0.25) is 5.88 Å². The predicted octanol–water partition coefficient (Wildman–Crippen LogP) is 1.48. The monoisotopic (exact) mass is 211 g/mol. The van der Waals surface area contributed by atoms with Crippen LogP contribution >= 0.6 is 11.6 Å². The van der Waals surface area contributed by atoms with E-state index in [1.807, 2.05) is 0 Å². The highest BCUT2D eigenvalue weighted by atomic mass is 35.5. The van der Waals surface area contributed by atoms with E-state index in [1.165, 1.54) is 13.3 Å². The first-order valence-corrected chi connectivity index (χ1v) is 4.45. The topological polar surface area (TPSA) is 42.4 Å². The second-order valence-electron chi connectivity index (χ2n) is 2.49. The van der Waals surface area contributed by atoms with Gasteiger partial charge in [0.1, 0.15) is 0 Å². The SMILES string of the molecule is COc1ncc(Cl)cc1C#CCCO. The zero-order valence-corrected chi connectivity index (χ0v) is 8.51. The molecule has 0 spiro atoms. The summed E-state index contributed by atoms with van der Waals surface area (Å²) < 4.78 is 5.00. The van der Waals surface area contributed by atoms with Crippen LogP contribution in [0.5, 0.6) is 5.88 Å². The Morgan fingerprint density at radius 2 is 2.43 bits per heavy atom. The van der Waals surface area contributed by atoms with Crippen molar-refractivity contribution >= 4 is 11.6 Å². The lowest BCUT2D eigenvalue weighted by Crippen LogP contribution is -1.91. The quantitative estimate of drug-likeness (QED) is 0.754. The molecule has 4 heteroatoms. The summed E-state index contributed by atoms with van der Waals surface area (Å²) >= 11 is 5.75. The van der Waals surface area contributed by atoms with E-state index in [1.54, 1.807) is 6.07 Å². The lowest BCUT2D eigenvalue weighted by atomic mass is 10.2. The van der Waals surface area contributed by atoms with Gasteiger partial charge in [0.05, 0.1) is 24.3 Å². The maximum Gasteiger partial charge on any atom is 0.229 e. The first kappa shape index (κ1) is 10.8. The van der Waals surface area contributed by atoms with Crippen molar-refractivity contribution in [1.82, 2.24) is 4.98 Å². The molecule has 0 saturated heterocycles. The fourth-order valence-corrected chi connectivity index (χ4v) is 1.05. The molecule has 0 fully saturated rings. The lowest BCUT2D eigenvalue weighted by molar-refractivity contribution is 0.305. The summed E-state index contributed by atoms with van der Waals surface area (Å²) in [5, 5.41) is 9.06. The number of methoxy groups -OCH3 is 1. The molecule has 3 nitrogen and oxygen atoms in total. The Morgan fingerprint density at radius 1 is 1.64 bits per heavy atom. The Labute approximate surface area is 87.7 Å². The number of hydrogen-bond donors (Lipinski definition) is 1. The minimum Gasteiger partial charge on any atom is -0.480 e. The second kappa shape index (κ2) is 5.48. The molecule has 1 N–H and O–H groups in total. The molecule has 0 saturated carbocycles. The van der Waals surface area contributed by atoms with Gasteiger partial charge in [0.25, 0.3) is 0 Å². The highest BCUT2D eigenvalue weighted by Gasteiger charge is 2.01. The van der Waals surface area contributed by atoms with Crippen LogP contribution in [0.25, 0.3) is 0 Å². The highest BCUT2D eigenvalue weighted by molar-refractivity contribution is 6.30. The van der Waals surface area contributed by atoms with E-state index >= 15 is 0 Å². The number of aliphatic hydroxyl groups is 1. The summed E-state index contributed by atoms with van der Waals surface area (Å²) in [4.78, 5) is 3.96. The van der Waals surface area contributed by atoms with Gasteiger partial charge in [-0.15, -0.1) is 0 Å². The first-order valence-electron chi connectivity index (χ1n) is 4.07. The van der Waals surface area contributed by atoms with E-state index in [2.05, 4.69) is 16.8 Å². The molecule has 0 radical (unpaired) electrons. The number of pyridine rings is 1. The summed E-state index contributed by atoms with van der Waals surface area (Å²) in [5.74, 6) is 6.04. The van der Waals surface area contributed by atoms with Crippen LogP contribution in [-0.2, 0) is 0 Å². The Hall–Kier alpha value is -1.24. The van der Waals surface area contributed by atoms with Crippen LogP contribution in [0.1, 0.15) is 12.0 Å². The third-order valence-corrected chi connectivity index (χ3v) is 1.68. The third-order valence-electron chi connectivity index (χ3n) is 1.47. The van der Waals surface area contributed by atoms with Crippen LogP contribution in [0.4, 0.5) is 0 Å². The van der Waals surface area contributed by atoms with Gasteiger partial charge in [-0.3, -0.25) is 0 Å². The van der Waals surface area contributed by atoms with Crippen molar-refractivity contribution in [2.45, 2.75) is 6.42 Å². The van der Waals surface area contributed by atoms with E-state index in [4.69, 9.17) is 21.4 Å². The molecule has 0 atom stereocenters. The first-order chi connectivity index (χ1) is 6.77. The Bertz CT molecular complexity index is 368. The molecule has 0 amide bonds. The van der Waals surface area contributed by atoms with E-state index < -0.39 is 0 Å². The predicted molar refractivity (Wildman–Crippen MR) is 54.4 cm³/mol. The molecule has 0 aliphatic carbocycles. The summed E-state index contributed by atoms with van der Waals surface area (Å²) in [7, 11) is 1.52. The Balaban J connectivity index is 2.94. The van der Waals surface area contributed by atoms with Gasteiger partial charge in [-0.1, -0.05) is 23.4 Å². The molecule has 1 rings (SSSR count). The maximum absolute atomic E-state index is 8.55. The molecule has 1 aromatic heterocycles. The van der Waals surface area contributed by atoms with Crippen molar-refractivity contribution in [2.24, 2.45) is 0 Å². The summed E-state index contributed by atoms with van der Waals surface area (Å²) in [6.07, 6.45) is 1.92. The van der Waals surface area contributed by atoms with E-state index in [-0.39, 0.29) is 6.61 Å². The van der Waals surface area contributed by atoms with Crippen molar-refractivity contribution in [3.8, 4) is 17.7 Å². The van der Waals surface area contributed by atoms with Crippen molar-refractivity contribution < 1.29 is 9.84 Å². The van der Waals surface area contributed by atoms with E-state index in [0.717, 1.165) is 0 Å². The Morgan fingerprint density at radius 3 is 3.07 bits per heavy atom. The van der Waals surface area contributed by atoms with Crippen molar-refractivity contribution in [3.63, 3.8) is 0 Å². The average Bonchev–Trinajstić information content (AvgIpc) is 2.19. The van der Waals surface area contributed by atoms with Gasteiger partial charge in [0.15, 0.2) is 0 Å². The fraction of sp³-hybridized carbons (Fsp3) is 0.300. The fourth-order valence-electron chi connectivity index (χ4n) is 0.893. The number of rotatable bonds is 2. The van der Waals surface area contributed by atoms with Gasteiger partial charge < -0.3 is 9.84 Å². The second-order valence-corrected chi connectivity index (χ2v) is 2.92. The van der Waals surface area contributed by atoms with Crippen molar-refractivity contribution in [3.05, 3.63) is 22.8 Å². The van der Waals surface area contributed by atoms with Crippen LogP contribution in [-0.4, -0.2) is 23.8 Å². The third kappa shape index (κ3) is 2.91. The van der Waals surface area contributed by atoms with Gasteiger partial charge in [-0.25, -0.2) is 4.98 Å². The standard InChI is InChI=1S/C10H10ClNO2/c1-14-10-8(4-2-3-5-13)6-9(11)7-12-10/h6-7,13H,3,5H2,1H3. The summed E-state index contributed by atoms with van der Waals surface area (Å²) in [6.45, 7) is 0.0450. The van der Waals surface area contributed by atoms with Crippen LogP contribution in [0, 0.1) is 11.8 Å². The minimum absolute atomic E-state index is 0.0450. The number of nitrogens with zero attached hydrogens (tertiary/aromatic N) is 1. The Kier molecular flexibility index (Phi) is 4.24. The molecule has 74 valence electrons. The zero-order valence-electron chi connectivity index (χ0n) is 7.75. The number of hydrogen-bond acceptors (Lipinski definition) is 3. The van der Waals surface area contributed by atoms with Gasteiger partial charge in [-0.2, -0.15) is 0 Å². The highest BCUT2D eigenvalue weighted by Crippen LogP contribution is 2.17. The zero-order chi connectivity index (χ0) is 10.4. The average molecular weight is 212 g/mol. The molecule has 14 heavy (non-hydrogen) atoms. The van der Waals surface area contributed by atoms with Gasteiger partial charge in [-0.05, 0) is 6.07 Å². The molecule has 1 heterocycles. The van der Waals surface area contributed by atoms with Crippen LogP contribution in [0.15, 0.2) is 12.3 Å².